The van der Waals surface area contributed by atoms with E-state index in [2.05, 4.69) is 10.3 Å². The van der Waals surface area contributed by atoms with Gasteiger partial charge in [-0.2, -0.15) is 0 Å². The number of carbonyl (C=O) groups excluding carboxylic acids is 1. The van der Waals surface area contributed by atoms with Crippen LogP contribution in [0.4, 0.5) is 4.39 Å². The zero-order valence-electron chi connectivity index (χ0n) is 17.2. The molecule has 1 saturated heterocycles. The molecule has 1 aromatic carbocycles. The number of hydrogen-bond donors (Lipinski definition) is 1. The van der Waals surface area contributed by atoms with Crippen LogP contribution < -0.4 is 14.8 Å². The van der Waals surface area contributed by atoms with Crippen LogP contribution in [0.3, 0.4) is 0 Å². The van der Waals surface area contributed by atoms with E-state index in [9.17, 15) is 9.18 Å². The summed E-state index contributed by atoms with van der Waals surface area (Å²) >= 11 is 1.20. The number of amides is 1. The van der Waals surface area contributed by atoms with Gasteiger partial charge in [-0.1, -0.05) is 11.3 Å². The van der Waals surface area contributed by atoms with E-state index in [0.29, 0.717) is 35.2 Å². The first kappa shape index (κ1) is 21.3. The number of hydrogen-bond acceptors (Lipinski definition) is 7. The van der Waals surface area contributed by atoms with Gasteiger partial charge < -0.3 is 24.3 Å². The molecule has 0 unspecified atom stereocenters. The molecule has 9 heteroatoms. The number of thiazole rings is 1. The van der Waals surface area contributed by atoms with Crippen LogP contribution in [-0.4, -0.2) is 55.1 Å². The zero-order valence-corrected chi connectivity index (χ0v) is 18.0. The number of nitrogens with zero attached hydrogens (tertiary/aromatic N) is 1. The number of benzene rings is 1. The highest BCUT2D eigenvalue weighted by atomic mass is 32.1. The first-order valence-electron chi connectivity index (χ1n) is 10.4. The minimum atomic E-state index is -0.382. The van der Waals surface area contributed by atoms with E-state index < -0.39 is 0 Å². The third-order valence-corrected chi connectivity index (χ3v) is 6.22. The molecule has 164 valence electrons. The lowest BCUT2D eigenvalue weighted by Gasteiger charge is -2.30. The van der Waals surface area contributed by atoms with Gasteiger partial charge in [-0.15, -0.1) is 0 Å². The standard InChI is InChI=1S/C21H27FN2O5S/c1-12(23-13(2)25)9-27-14-3-5-15(6-4-14)28-18-8-7-17-20(19(18)22)30-21(24-17)29-16-10-26-11-16/h7-8,12,14-16H,3-6,9-11H2,1-2H3,(H,23,25)/t12-,14-,15-/m0/s1. The molecule has 0 spiro atoms. The highest BCUT2D eigenvalue weighted by Crippen LogP contribution is 2.36. The van der Waals surface area contributed by atoms with Gasteiger partial charge in [-0.3, -0.25) is 4.79 Å². The molecule has 2 fully saturated rings. The van der Waals surface area contributed by atoms with Gasteiger partial charge in [0.05, 0.1) is 42.2 Å². The Morgan fingerprint density at radius 1 is 1.23 bits per heavy atom. The Morgan fingerprint density at radius 3 is 2.63 bits per heavy atom. The lowest BCUT2D eigenvalue weighted by molar-refractivity contribution is -0.120. The molecular formula is C21H27FN2O5S. The average Bonchev–Trinajstić information content (AvgIpc) is 3.10. The molecular weight excluding hydrogens is 411 g/mol. The molecule has 2 aromatic rings. The lowest BCUT2D eigenvalue weighted by Crippen LogP contribution is -2.38. The zero-order chi connectivity index (χ0) is 21.1. The monoisotopic (exact) mass is 438 g/mol. The van der Waals surface area contributed by atoms with Crippen molar-refractivity contribution in [1.29, 1.82) is 0 Å². The maximum Gasteiger partial charge on any atom is 0.274 e. The third-order valence-electron chi connectivity index (χ3n) is 5.26. The van der Waals surface area contributed by atoms with Crippen LogP contribution >= 0.6 is 11.3 Å². The topological polar surface area (TPSA) is 78.9 Å². The van der Waals surface area contributed by atoms with Crippen LogP contribution in [0.5, 0.6) is 10.9 Å². The molecule has 0 radical (unpaired) electrons. The maximum absolute atomic E-state index is 15.0. The van der Waals surface area contributed by atoms with Gasteiger partial charge in [0.1, 0.15) is 6.10 Å². The number of nitrogens with one attached hydrogen (secondary N) is 1. The molecule has 1 atom stereocenters. The fourth-order valence-corrected chi connectivity index (χ4v) is 4.56. The number of aromatic nitrogens is 1. The summed E-state index contributed by atoms with van der Waals surface area (Å²) in [6.45, 7) is 5.00. The quantitative estimate of drug-likeness (QED) is 0.680. The maximum atomic E-state index is 15.0. The molecule has 2 heterocycles. The Kier molecular flexibility index (Phi) is 6.70. The minimum Gasteiger partial charge on any atom is -0.487 e. The van der Waals surface area contributed by atoms with E-state index in [0.717, 1.165) is 25.7 Å². The van der Waals surface area contributed by atoms with Crippen LogP contribution in [-0.2, 0) is 14.3 Å². The van der Waals surface area contributed by atoms with E-state index in [4.69, 9.17) is 18.9 Å². The number of carbonyl (C=O) groups is 1. The van der Waals surface area contributed by atoms with E-state index in [1.807, 2.05) is 6.92 Å². The van der Waals surface area contributed by atoms with Crippen molar-refractivity contribution in [3.63, 3.8) is 0 Å². The molecule has 7 nitrogen and oxygen atoms in total. The minimum absolute atomic E-state index is 0.00276. The summed E-state index contributed by atoms with van der Waals surface area (Å²) in [6.07, 6.45) is 3.41. The van der Waals surface area contributed by atoms with Crippen molar-refractivity contribution in [3.05, 3.63) is 17.9 Å². The number of halogens is 1. The molecule has 30 heavy (non-hydrogen) atoms. The van der Waals surface area contributed by atoms with Crippen LogP contribution in [0.1, 0.15) is 39.5 Å². The molecule has 1 N–H and O–H groups in total. The fraction of sp³-hybridized carbons (Fsp3) is 0.619. The number of fused-ring (bicyclic) bond motifs is 1. The second kappa shape index (κ2) is 9.45. The normalized spacial score (nSPS) is 23.0. The summed E-state index contributed by atoms with van der Waals surface area (Å²) in [5, 5.41) is 3.27. The first-order valence-corrected chi connectivity index (χ1v) is 11.2. The summed E-state index contributed by atoms with van der Waals surface area (Å²) in [4.78, 5) is 15.4. The molecule has 1 aromatic heterocycles. The Labute approximate surface area is 178 Å². The van der Waals surface area contributed by atoms with Crippen molar-refractivity contribution in [2.24, 2.45) is 0 Å². The van der Waals surface area contributed by atoms with Crippen molar-refractivity contribution in [1.82, 2.24) is 10.3 Å². The predicted octanol–water partition coefficient (Wildman–Crippen LogP) is 3.44. The van der Waals surface area contributed by atoms with Crippen LogP contribution in [0.25, 0.3) is 10.2 Å². The fourth-order valence-electron chi connectivity index (χ4n) is 3.65. The molecule has 1 aliphatic heterocycles. The van der Waals surface area contributed by atoms with Crippen LogP contribution in [0.2, 0.25) is 0 Å². The van der Waals surface area contributed by atoms with Crippen LogP contribution in [0.15, 0.2) is 12.1 Å². The highest BCUT2D eigenvalue weighted by Gasteiger charge is 2.26. The van der Waals surface area contributed by atoms with E-state index in [1.54, 1.807) is 12.1 Å². The van der Waals surface area contributed by atoms with Crippen molar-refractivity contribution < 1.29 is 28.1 Å². The summed E-state index contributed by atoms with van der Waals surface area (Å²) in [6, 6.07) is 3.40. The molecule has 1 amide bonds. The van der Waals surface area contributed by atoms with Crippen molar-refractivity contribution in [2.45, 2.75) is 63.9 Å². The molecule has 1 saturated carbocycles. The Hall–Kier alpha value is -1.97. The highest BCUT2D eigenvalue weighted by molar-refractivity contribution is 7.20. The van der Waals surface area contributed by atoms with Crippen molar-refractivity contribution in [3.8, 4) is 10.9 Å². The second-order valence-electron chi connectivity index (χ2n) is 7.93. The number of rotatable bonds is 8. The van der Waals surface area contributed by atoms with Gasteiger partial charge in [-0.05, 0) is 44.7 Å². The average molecular weight is 439 g/mol. The molecule has 2 aliphatic rings. The molecule has 0 bridgehead atoms. The van der Waals surface area contributed by atoms with Gasteiger partial charge in [0.2, 0.25) is 5.91 Å². The third kappa shape index (κ3) is 5.19. The summed E-state index contributed by atoms with van der Waals surface area (Å²) in [5.41, 5.74) is 0.575. The summed E-state index contributed by atoms with van der Waals surface area (Å²) < 4.78 is 38.1. The summed E-state index contributed by atoms with van der Waals surface area (Å²) in [7, 11) is 0. The molecule has 1 aliphatic carbocycles. The predicted molar refractivity (Wildman–Crippen MR) is 111 cm³/mol. The van der Waals surface area contributed by atoms with Gasteiger partial charge in [0.25, 0.3) is 5.19 Å². The largest absolute Gasteiger partial charge is 0.487 e. The van der Waals surface area contributed by atoms with Crippen LogP contribution in [0, 0.1) is 5.82 Å². The lowest BCUT2D eigenvalue weighted by atomic mass is 9.95. The van der Waals surface area contributed by atoms with E-state index in [1.165, 1.54) is 18.3 Å². The van der Waals surface area contributed by atoms with E-state index >= 15 is 0 Å². The van der Waals surface area contributed by atoms with Gasteiger partial charge in [-0.25, -0.2) is 9.37 Å². The van der Waals surface area contributed by atoms with Gasteiger partial charge in [0, 0.05) is 13.0 Å². The SMILES string of the molecule is CC(=O)N[C@@H](C)CO[C@H]1CC[C@H](Oc2ccc3nc(OC4COC4)sc3c2F)CC1. The van der Waals surface area contributed by atoms with Crippen molar-refractivity contribution >= 4 is 27.5 Å². The van der Waals surface area contributed by atoms with Crippen molar-refractivity contribution in [2.75, 3.05) is 19.8 Å². The number of ether oxygens (including phenoxy) is 4. The van der Waals surface area contributed by atoms with Gasteiger partial charge >= 0.3 is 0 Å². The molecule has 4 rings (SSSR count). The van der Waals surface area contributed by atoms with E-state index in [-0.39, 0.29) is 41.8 Å². The van der Waals surface area contributed by atoms with Gasteiger partial charge in [0.15, 0.2) is 11.6 Å². The Bertz CT molecular complexity index is 880. The Morgan fingerprint density at radius 2 is 1.97 bits per heavy atom. The smallest absolute Gasteiger partial charge is 0.274 e. The first-order chi connectivity index (χ1) is 14.5. The summed E-state index contributed by atoms with van der Waals surface area (Å²) in [5.74, 6) is -0.181. The second-order valence-corrected chi connectivity index (χ2v) is 8.90. The Balaban J connectivity index is 1.29.